The highest BCUT2D eigenvalue weighted by atomic mass is 19.1. The highest BCUT2D eigenvalue weighted by molar-refractivity contribution is 5.84. The minimum atomic E-state index is -0.255. The van der Waals surface area contributed by atoms with Crippen LogP contribution in [0.25, 0.3) is 10.9 Å². The van der Waals surface area contributed by atoms with E-state index in [9.17, 15) is 9.18 Å². The topological polar surface area (TPSA) is 48.1 Å². The van der Waals surface area contributed by atoms with E-state index in [1.807, 2.05) is 6.20 Å². The monoisotopic (exact) mass is 247 g/mol. The first-order chi connectivity index (χ1) is 8.74. The summed E-state index contributed by atoms with van der Waals surface area (Å²) in [5, 5.41) is 3.88. The summed E-state index contributed by atoms with van der Waals surface area (Å²) in [4.78, 5) is 16.6. The number of amides is 1. The van der Waals surface area contributed by atoms with Crippen molar-refractivity contribution in [3.8, 4) is 0 Å². The number of carbonyl (C=O) groups is 1. The zero-order chi connectivity index (χ0) is 12.5. The van der Waals surface area contributed by atoms with Gasteiger partial charge in [0.1, 0.15) is 5.82 Å². The van der Waals surface area contributed by atoms with Gasteiger partial charge in [-0.1, -0.05) is 0 Å². The maximum atomic E-state index is 13.2. The van der Waals surface area contributed by atoms with Crippen molar-refractivity contribution in [1.29, 1.82) is 0 Å². The molecule has 1 saturated heterocycles. The van der Waals surface area contributed by atoms with E-state index in [1.54, 1.807) is 11.0 Å². The Morgan fingerprint density at radius 1 is 1.39 bits per heavy atom. The van der Waals surface area contributed by atoms with Gasteiger partial charge >= 0.3 is 0 Å². The molecule has 4 nitrogen and oxygen atoms in total. The van der Waals surface area contributed by atoms with Gasteiger partial charge in [0, 0.05) is 36.7 Å². The van der Waals surface area contributed by atoms with Gasteiger partial charge in [0.15, 0.2) is 0 Å². The SMILES string of the molecule is O=C1CNCCN1Cc1c[nH]c2ccc(F)cc12. The third kappa shape index (κ3) is 1.97. The molecular formula is C13H14FN3O. The molecule has 0 spiro atoms. The molecule has 0 saturated carbocycles. The first kappa shape index (κ1) is 11.2. The number of fused-ring (bicyclic) bond motifs is 1. The molecule has 5 heteroatoms. The predicted molar refractivity (Wildman–Crippen MR) is 66.5 cm³/mol. The van der Waals surface area contributed by atoms with Crippen LogP contribution < -0.4 is 5.32 Å². The number of hydrogen-bond donors (Lipinski definition) is 2. The molecule has 2 heterocycles. The first-order valence-electron chi connectivity index (χ1n) is 5.98. The standard InChI is InChI=1S/C13H14FN3O/c14-10-1-2-12-11(5-10)9(6-16-12)8-17-4-3-15-7-13(17)18/h1-2,5-6,15-16H,3-4,7-8H2. The fourth-order valence-corrected chi connectivity index (χ4v) is 2.30. The second-order valence-corrected chi connectivity index (χ2v) is 4.50. The summed E-state index contributed by atoms with van der Waals surface area (Å²) in [7, 11) is 0. The Balaban J connectivity index is 1.90. The third-order valence-electron chi connectivity index (χ3n) is 3.28. The van der Waals surface area contributed by atoms with Crippen LogP contribution in [0.15, 0.2) is 24.4 Å². The van der Waals surface area contributed by atoms with Crippen molar-refractivity contribution in [3.05, 3.63) is 35.8 Å². The van der Waals surface area contributed by atoms with Crippen LogP contribution in [0.1, 0.15) is 5.56 Å². The summed E-state index contributed by atoms with van der Waals surface area (Å²) in [6.07, 6.45) is 1.85. The van der Waals surface area contributed by atoms with Crippen LogP contribution in [0.3, 0.4) is 0 Å². The first-order valence-corrected chi connectivity index (χ1v) is 5.98. The van der Waals surface area contributed by atoms with Gasteiger partial charge in [0.05, 0.1) is 6.54 Å². The summed E-state index contributed by atoms with van der Waals surface area (Å²) in [5.41, 5.74) is 1.86. The molecule has 0 radical (unpaired) electrons. The molecule has 1 fully saturated rings. The summed E-state index contributed by atoms with van der Waals surface area (Å²) < 4.78 is 13.2. The Kier molecular flexibility index (Phi) is 2.76. The second kappa shape index (κ2) is 4.42. The van der Waals surface area contributed by atoms with Crippen LogP contribution in [-0.4, -0.2) is 35.4 Å². The molecule has 2 aromatic rings. The van der Waals surface area contributed by atoms with Gasteiger partial charge in [-0.2, -0.15) is 0 Å². The van der Waals surface area contributed by atoms with Gasteiger partial charge in [0.25, 0.3) is 0 Å². The number of H-pyrrole nitrogens is 1. The molecule has 1 aromatic carbocycles. The molecule has 1 aromatic heterocycles. The van der Waals surface area contributed by atoms with Crippen LogP contribution in [0, 0.1) is 5.82 Å². The molecule has 2 N–H and O–H groups in total. The highest BCUT2D eigenvalue weighted by Crippen LogP contribution is 2.21. The summed E-state index contributed by atoms with van der Waals surface area (Å²) in [6, 6.07) is 4.65. The molecule has 18 heavy (non-hydrogen) atoms. The van der Waals surface area contributed by atoms with E-state index in [0.29, 0.717) is 19.6 Å². The van der Waals surface area contributed by atoms with E-state index >= 15 is 0 Å². The number of nitrogens with zero attached hydrogens (tertiary/aromatic N) is 1. The van der Waals surface area contributed by atoms with Crippen LogP contribution in [0.2, 0.25) is 0 Å². The number of piperazine rings is 1. The van der Waals surface area contributed by atoms with Crippen LogP contribution >= 0.6 is 0 Å². The van der Waals surface area contributed by atoms with Gasteiger partial charge in [-0.05, 0) is 23.8 Å². The van der Waals surface area contributed by atoms with Crippen molar-refractivity contribution >= 4 is 16.8 Å². The van der Waals surface area contributed by atoms with Crippen molar-refractivity contribution in [2.45, 2.75) is 6.54 Å². The third-order valence-corrected chi connectivity index (χ3v) is 3.28. The fraction of sp³-hybridized carbons (Fsp3) is 0.308. The highest BCUT2D eigenvalue weighted by Gasteiger charge is 2.18. The van der Waals surface area contributed by atoms with E-state index < -0.39 is 0 Å². The second-order valence-electron chi connectivity index (χ2n) is 4.50. The Labute approximate surface area is 104 Å². The molecule has 0 bridgehead atoms. The van der Waals surface area contributed by atoms with Crippen molar-refractivity contribution in [2.24, 2.45) is 0 Å². The number of aromatic amines is 1. The average Bonchev–Trinajstić information content (AvgIpc) is 2.75. The molecule has 1 aliphatic heterocycles. The molecule has 94 valence electrons. The molecule has 0 aliphatic carbocycles. The minimum absolute atomic E-state index is 0.0898. The molecule has 0 atom stereocenters. The van der Waals surface area contributed by atoms with Crippen molar-refractivity contribution < 1.29 is 9.18 Å². The Morgan fingerprint density at radius 2 is 2.28 bits per heavy atom. The smallest absolute Gasteiger partial charge is 0.236 e. The van der Waals surface area contributed by atoms with Crippen LogP contribution in [0.5, 0.6) is 0 Å². The molecule has 1 amide bonds. The van der Waals surface area contributed by atoms with E-state index in [1.165, 1.54) is 12.1 Å². The zero-order valence-electron chi connectivity index (χ0n) is 9.87. The van der Waals surface area contributed by atoms with Gasteiger partial charge in [-0.25, -0.2) is 4.39 Å². The Morgan fingerprint density at radius 3 is 3.11 bits per heavy atom. The van der Waals surface area contributed by atoms with Crippen LogP contribution in [-0.2, 0) is 11.3 Å². The molecular weight excluding hydrogens is 233 g/mol. The molecule has 3 rings (SSSR count). The number of benzene rings is 1. The summed E-state index contributed by atoms with van der Waals surface area (Å²) in [5.74, 6) is -0.165. The van der Waals surface area contributed by atoms with Gasteiger partial charge in [-0.15, -0.1) is 0 Å². The van der Waals surface area contributed by atoms with E-state index in [4.69, 9.17) is 0 Å². The summed E-state index contributed by atoms with van der Waals surface area (Å²) in [6.45, 7) is 2.42. The average molecular weight is 247 g/mol. The number of nitrogens with one attached hydrogen (secondary N) is 2. The Hall–Kier alpha value is -1.88. The fourth-order valence-electron chi connectivity index (χ4n) is 2.30. The van der Waals surface area contributed by atoms with Crippen molar-refractivity contribution in [3.63, 3.8) is 0 Å². The maximum absolute atomic E-state index is 13.2. The number of carbonyl (C=O) groups excluding carboxylic acids is 1. The van der Waals surface area contributed by atoms with Crippen molar-refractivity contribution in [1.82, 2.24) is 15.2 Å². The Bertz CT molecular complexity index is 593. The van der Waals surface area contributed by atoms with Crippen molar-refractivity contribution in [2.75, 3.05) is 19.6 Å². The maximum Gasteiger partial charge on any atom is 0.236 e. The normalized spacial score (nSPS) is 16.5. The number of aromatic nitrogens is 1. The van der Waals surface area contributed by atoms with Gasteiger partial charge < -0.3 is 15.2 Å². The summed E-state index contributed by atoms with van der Waals surface area (Å²) >= 11 is 0. The largest absolute Gasteiger partial charge is 0.361 e. The lowest BCUT2D eigenvalue weighted by molar-refractivity contribution is -0.132. The number of rotatable bonds is 2. The molecule has 1 aliphatic rings. The molecule has 0 unspecified atom stereocenters. The van der Waals surface area contributed by atoms with E-state index in [2.05, 4.69) is 10.3 Å². The minimum Gasteiger partial charge on any atom is -0.361 e. The lowest BCUT2D eigenvalue weighted by Gasteiger charge is -2.27. The lowest BCUT2D eigenvalue weighted by atomic mass is 10.1. The van der Waals surface area contributed by atoms with Gasteiger partial charge in [-0.3, -0.25) is 4.79 Å². The van der Waals surface area contributed by atoms with E-state index in [0.717, 1.165) is 23.0 Å². The van der Waals surface area contributed by atoms with Gasteiger partial charge in [0.2, 0.25) is 5.91 Å². The zero-order valence-corrected chi connectivity index (χ0v) is 9.87. The predicted octanol–water partition coefficient (Wildman–Crippen LogP) is 1.24. The number of hydrogen-bond acceptors (Lipinski definition) is 2. The lowest BCUT2D eigenvalue weighted by Crippen LogP contribution is -2.47. The van der Waals surface area contributed by atoms with Crippen LogP contribution in [0.4, 0.5) is 4.39 Å². The number of halogens is 1. The van der Waals surface area contributed by atoms with E-state index in [-0.39, 0.29) is 11.7 Å². The quantitative estimate of drug-likeness (QED) is 0.838.